The number of para-hydroxylation sites is 1. The number of carbonyl (C=O) groups is 3. The second-order valence-corrected chi connectivity index (χ2v) is 6.80. The Morgan fingerprint density at radius 3 is 2.69 bits per heavy atom. The lowest BCUT2D eigenvalue weighted by molar-refractivity contribution is -0.141. The van der Waals surface area contributed by atoms with Gasteiger partial charge in [-0.05, 0) is 37.8 Å². The van der Waals surface area contributed by atoms with Gasteiger partial charge in [-0.2, -0.15) is 0 Å². The van der Waals surface area contributed by atoms with Crippen molar-refractivity contribution in [2.45, 2.75) is 46.0 Å². The predicted molar refractivity (Wildman–Crippen MR) is 102 cm³/mol. The Bertz CT molecular complexity index is 645. The molecule has 6 heteroatoms. The highest BCUT2D eigenvalue weighted by atomic mass is 16.2. The molecule has 1 aliphatic heterocycles. The quantitative estimate of drug-likeness (QED) is 0.813. The van der Waals surface area contributed by atoms with E-state index >= 15 is 0 Å². The zero-order chi connectivity index (χ0) is 18.9. The summed E-state index contributed by atoms with van der Waals surface area (Å²) in [6.07, 6.45) is 4.11. The van der Waals surface area contributed by atoms with Gasteiger partial charge in [0.2, 0.25) is 17.7 Å². The van der Waals surface area contributed by atoms with E-state index in [0.29, 0.717) is 19.5 Å². The number of amides is 3. The van der Waals surface area contributed by atoms with Gasteiger partial charge in [-0.3, -0.25) is 14.4 Å². The molecule has 0 radical (unpaired) electrons. The molecule has 1 aromatic rings. The fourth-order valence-electron chi connectivity index (χ4n) is 3.11. The average molecular weight is 359 g/mol. The number of nitrogens with one attached hydrogen (secondary N) is 1. The van der Waals surface area contributed by atoms with Crippen molar-refractivity contribution in [2.24, 2.45) is 0 Å². The van der Waals surface area contributed by atoms with Gasteiger partial charge in [-0.25, -0.2) is 0 Å². The Morgan fingerprint density at radius 2 is 1.96 bits per heavy atom. The number of rotatable bonds is 7. The van der Waals surface area contributed by atoms with Crippen molar-refractivity contribution in [3.63, 3.8) is 0 Å². The van der Waals surface area contributed by atoms with Crippen LogP contribution >= 0.6 is 0 Å². The summed E-state index contributed by atoms with van der Waals surface area (Å²) in [5, 5.41) is 2.86. The van der Waals surface area contributed by atoms with Crippen LogP contribution in [0.5, 0.6) is 0 Å². The first kappa shape index (κ1) is 19.9. The van der Waals surface area contributed by atoms with Crippen molar-refractivity contribution in [3.8, 4) is 0 Å². The highest BCUT2D eigenvalue weighted by Crippen LogP contribution is 2.14. The smallest absolute Gasteiger partial charge is 0.244 e. The lowest BCUT2D eigenvalue weighted by Gasteiger charge is -2.26. The third kappa shape index (κ3) is 5.86. The molecule has 0 saturated carbocycles. The standard InChI is InChI=1S/C20H29N3O3/c1-3-12-22(14-18(24)21-17-10-7-6-9-16(17)2)20(26)15-23-13-8-4-5-11-19(23)25/h6-7,9-10H,3-5,8,11-15H2,1-2H3,(H,21,24). The molecule has 0 unspecified atom stereocenters. The van der Waals surface area contributed by atoms with Crippen LogP contribution in [-0.2, 0) is 14.4 Å². The van der Waals surface area contributed by atoms with Gasteiger partial charge in [-0.15, -0.1) is 0 Å². The molecule has 3 amide bonds. The Hall–Kier alpha value is -2.37. The Balaban J connectivity index is 1.95. The van der Waals surface area contributed by atoms with E-state index in [1.165, 1.54) is 0 Å². The van der Waals surface area contributed by atoms with Gasteiger partial charge in [-0.1, -0.05) is 31.5 Å². The molecule has 1 aromatic carbocycles. The maximum Gasteiger partial charge on any atom is 0.244 e. The maximum absolute atomic E-state index is 12.7. The molecule has 26 heavy (non-hydrogen) atoms. The third-order valence-electron chi connectivity index (χ3n) is 4.60. The lowest BCUT2D eigenvalue weighted by atomic mass is 10.2. The number of nitrogens with zero attached hydrogens (tertiary/aromatic N) is 2. The first-order chi connectivity index (χ1) is 12.5. The molecular weight excluding hydrogens is 330 g/mol. The van der Waals surface area contributed by atoms with Crippen LogP contribution in [0.25, 0.3) is 0 Å². The summed E-state index contributed by atoms with van der Waals surface area (Å²) in [5.41, 5.74) is 1.73. The van der Waals surface area contributed by atoms with Gasteiger partial charge in [0.1, 0.15) is 0 Å². The normalized spacial score (nSPS) is 14.7. The molecule has 2 rings (SSSR count). The second-order valence-electron chi connectivity index (χ2n) is 6.80. The first-order valence-electron chi connectivity index (χ1n) is 9.42. The molecule has 1 saturated heterocycles. The number of benzene rings is 1. The van der Waals surface area contributed by atoms with Gasteiger partial charge >= 0.3 is 0 Å². The zero-order valence-electron chi connectivity index (χ0n) is 15.8. The number of hydrogen-bond donors (Lipinski definition) is 1. The van der Waals surface area contributed by atoms with Crippen molar-refractivity contribution in [3.05, 3.63) is 29.8 Å². The second kappa shape index (κ2) is 9.94. The minimum atomic E-state index is -0.219. The maximum atomic E-state index is 12.7. The number of hydrogen-bond acceptors (Lipinski definition) is 3. The number of carbonyl (C=O) groups excluding carboxylic acids is 3. The zero-order valence-corrected chi connectivity index (χ0v) is 15.8. The highest BCUT2D eigenvalue weighted by molar-refractivity contribution is 5.95. The molecule has 142 valence electrons. The van der Waals surface area contributed by atoms with E-state index < -0.39 is 0 Å². The lowest BCUT2D eigenvalue weighted by Crippen LogP contribution is -2.45. The van der Waals surface area contributed by atoms with Crippen molar-refractivity contribution < 1.29 is 14.4 Å². The summed E-state index contributed by atoms with van der Waals surface area (Å²) < 4.78 is 0. The van der Waals surface area contributed by atoms with Gasteiger partial charge in [0.15, 0.2) is 0 Å². The van der Waals surface area contributed by atoms with Crippen molar-refractivity contribution in [1.82, 2.24) is 9.80 Å². The molecule has 1 aliphatic rings. The van der Waals surface area contributed by atoms with E-state index in [2.05, 4.69) is 5.32 Å². The van der Waals surface area contributed by atoms with Crippen LogP contribution in [-0.4, -0.2) is 53.7 Å². The van der Waals surface area contributed by atoms with E-state index in [9.17, 15) is 14.4 Å². The molecule has 0 bridgehead atoms. The highest BCUT2D eigenvalue weighted by Gasteiger charge is 2.23. The molecule has 0 spiro atoms. The molecule has 1 fully saturated rings. The minimum Gasteiger partial charge on any atom is -0.333 e. The van der Waals surface area contributed by atoms with E-state index in [-0.39, 0.29) is 30.8 Å². The number of anilines is 1. The minimum absolute atomic E-state index is 0.00301. The van der Waals surface area contributed by atoms with Crippen LogP contribution in [0.4, 0.5) is 5.69 Å². The SMILES string of the molecule is CCCN(CC(=O)Nc1ccccc1C)C(=O)CN1CCCCCC1=O. The van der Waals surface area contributed by atoms with Gasteiger partial charge in [0.05, 0.1) is 13.1 Å². The molecule has 1 N–H and O–H groups in total. The van der Waals surface area contributed by atoms with Crippen LogP contribution < -0.4 is 5.32 Å². The Morgan fingerprint density at radius 1 is 1.19 bits per heavy atom. The van der Waals surface area contributed by atoms with Crippen LogP contribution in [0, 0.1) is 6.92 Å². The molecule has 0 aromatic heterocycles. The summed E-state index contributed by atoms with van der Waals surface area (Å²) in [5.74, 6) is -0.345. The van der Waals surface area contributed by atoms with Gasteiger partial charge < -0.3 is 15.1 Å². The van der Waals surface area contributed by atoms with Crippen LogP contribution in [0.3, 0.4) is 0 Å². The van der Waals surface area contributed by atoms with E-state index in [4.69, 9.17) is 0 Å². The van der Waals surface area contributed by atoms with E-state index in [0.717, 1.165) is 36.9 Å². The number of aryl methyl sites for hydroxylation is 1. The number of likely N-dealkylation sites (tertiary alicyclic amines) is 1. The van der Waals surface area contributed by atoms with Crippen LogP contribution in [0.2, 0.25) is 0 Å². The summed E-state index contributed by atoms with van der Waals surface area (Å²) in [6, 6.07) is 7.54. The molecule has 6 nitrogen and oxygen atoms in total. The van der Waals surface area contributed by atoms with Gasteiger partial charge in [0.25, 0.3) is 0 Å². The largest absolute Gasteiger partial charge is 0.333 e. The Labute approximate surface area is 155 Å². The summed E-state index contributed by atoms with van der Waals surface area (Å²) >= 11 is 0. The van der Waals surface area contributed by atoms with Crippen molar-refractivity contribution in [1.29, 1.82) is 0 Å². The molecular formula is C20H29N3O3. The third-order valence-corrected chi connectivity index (χ3v) is 4.60. The van der Waals surface area contributed by atoms with Crippen molar-refractivity contribution >= 4 is 23.4 Å². The molecule has 0 aliphatic carbocycles. The van der Waals surface area contributed by atoms with Gasteiger partial charge in [0, 0.05) is 25.2 Å². The van der Waals surface area contributed by atoms with Crippen LogP contribution in [0.15, 0.2) is 24.3 Å². The first-order valence-corrected chi connectivity index (χ1v) is 9.42. The van der Waals surface area contributed by atoms with Crippen LogP contribution in [0.1, 0.15) is 44.6 Å². The monoisotopic (exact) mass is 359 g/mol. The Kier molecular flexibility index (Phi) is 7.63. The fraction of sp³-hybridized carbons (Fsp3) is 0.550. The molecule has 1 heterocycles. The molecule has 0 atom stereocenters. The van der Waals surface area contributed by atoms with E-state index in [1.54, 1.807) is 9.80 Å². The summed E-state index contributed by atoms with van der Waals surface area (Å²) in [7, 11) is 0. The predicted octanol–water partition coefficient (Wildman–Crippen LogP) is 2.57. The summed E-state index contributed by atoms with van der Waals surface area (Å²) in [4.78, 5) is 40.3. The fourth-order valence-corrected chi connectivity index (χ4v) is 3.11. The van der Waals surface area contributed by atoms with Crippen molar-refractivity contribution in [2.75, 3.05) is 31.5 Å². The van der Waals surface area contributed by atoms with E-state index in [1.807, 2.05) is 38.1 Å². The summed E-state index contributed by atoms with van der Waals surface area (Å²) in [6.45, 7) is 5.09. The topological polar surface area (TPSA) is 69.7 Å². The average Bonchev–Trinajstić information content (AvgIpc) is 2.81.